The lowest BCUT2D eigenvalue weighted by Gasteiger charge is -2.22. The zero-order valence-corrected chi connectivity index (χ0v) is 12.8. The van der Waals surface area contributed by atoms with Crippen LogP contribution in [-0.2, 0) is 4.74 Å². The summed E-state index contributed by atoms with van der Waals surface area (Å²) in [5.74, 6) is -0.900. The Kier molecular flexibility index (Phi) is 8.54. The molecule has 0 aromatic heterocycles. The average molecular weight is 329 g/mol. The van der Waals surface area contributed by atoms with Crippen molar-refractivity contribution in [3.63, 3.8) is 0 Å². The van der Waals surface area contributed by atoms with Gasteiger partial charge in [-0.3, -0.25) is 0 Å². The van der Waals surface area contributed by atoms with E-state index >= 15 is 0 Å². The molecule has 1 aliphatic heterocycles. The fourth-order valence-electron chi connectivity index (χ4n) is 2.42. The first kappa shape index (κ1) is 19.5. The zero-order valence-electron chi connectivity index (χ0n) is 11.1. The number of ether oxygens (including phenoxy) is 1. The van der Waals surface area contributed by atoms with Gasteiger partial charge >= 0.3 is 0 Å². The summed E-state index contributed by atoms with van der Waals surface area (Å²) in [4.78, 5) is 0. The molecule has 1 aromatic rings. The molecule has 1 aliphatic rings. The molecule has 1 heterocycles. The Labute approximate surface area is 130 Å². The normalized spacial score (nSPS) is 22.8. The first-order valence-corrected chi connectivity index (χ1v) is 6.05. The molecular formula is C13H20Cl2F2N2O. The van der Waals surface area contributed by atoms with Gasteiger partial charge in [-0.1, -0.05) is 0 Å². The SMILES string of the molecule is COC(CC1CNCC1N)c1cc(F)cc(F)c1.Cl.Cl. The smallest absolute Gasteiger partial charge is 0.126 e. The summed E-state index contributed by atoms with van der Waals surface area (Å²) in [5, 5.41) is 3.20. The molecule has 0 amide bonds. The van der Waals surface area contributed by atoms with Gasteiger partial charge in [0.15, 0.2) is 0 Å². The highest BCUT2D eigenvalue weighted by atomic mass is 35.5. The van der Waals surface area contributed by atoms with Crippen LogP contribution in [0.25, 0.3) is 0 Å². The van der Waals surface area contributed by atoms with Crippen molar-refractivity contribution in [2.75, 3.05) is 20.2 Å². The molecule has 0 aliphatic carbocycles. The summed E-state index contributed by atoms with van der Waals surface area (Å²) in [6, 6.07) is 3.55. The maximum Gasteiger partial charge on any atom is 0.126 e. The molecular weight excluding hydrogens is 309 g/mol. The quantitative estimate of drug-likeness (QED) is 0.892. The number of benzene rings is 1. The predicted octanol–water partition coefficient (Wildman–Crippen LogP) is 2.43. The molecule has 0 spiro atoms. The van der Waals surface area contributed by atoms with Crippen LogP contribution in [0.2, 0.25) is 0 Å². The summed E-state index contributed by atoms with van der Waals surface area (Å²) in [6.07, 6.45) is 0.333. The van der Waals surface area contributed by atoms with Crippen molar-refractivity contribution in [3.05, 3.63) is 35.4 Å². The average Bonchev–Trinajstić information content (AvgIpc) is 2.70. The van der Waals surface area contributed by atoms with Crippen LogP contribution in [0.5, 0.6) is 0 Å². The minimum atomic E-state index is -0.583. The van der Waals surface area contributed by atoms with Gasteiger partial charge in [0.25, 0.3) is 0 Å². The lowest BCUT2D eigenvalue weighted by molar-refractivity contribution is 0.0799. The summed E-state index contributed by atoms with van der Waals surface area (Å²) >= 11 is 0. The van der Waals surface area contributed by atoms with E-state index in [0.717, 1.165) is 19.2 Å². The third-order valence-corrected chi connectivity index (χ3v) is 3.45. The molecule has 1 saturated heterocycles. The van der Waals surface area contributed by atoms with Gasteiger partial charge in [-0.2, -0.15) is 0 Å². The van der Waals surface area contributed by atoms with Crippen molar-refractivity contribution in [1.82, 2.24) is 5.32 Å². The maximum absolute atomic E-state index is 13.2. The third-order valence-electron chi connectivity index (χ3n) is 3.45. The second kappa shape index (κ2) is 8.74. The lowest BCUT2D eigenvalue weighted by Crippen LogP contribution is -2.30. The van der Waals surface area contributed by atoms with E-state index in [1.807, 2.05) is 0 Å². The Hall–Kier alpha value is -0.460. The number of halogens is 4. The molecule has 0 bridgehead atoms. The Morgan fingerprint density at radius 1 is 1.25 bits per heavy atom. The van der Waals surface area contributed by atoms with Crippen LogP contribution in [-0.4, -0.2) is 26.2 Å². The van der Waals surface area contributed by atoms with Gasteiger partial charge < -0.3 is 15.8 Å². The van der Waals surface area contributed by atoms with Crippen molar-refractivity contribution in [1.29, 1.82) is 0 Å². The lowest BCUT2D eigenvalue weighted by atomic mass is 9.93. The monoisotopic (exact) mass is 328 g/mol. The molecule has 0 radical (unpaired) electrons. The Morgan fingerprint density at radius 2 is 1.85 bits per heavy atom. The Bertz CT molecular complexity index is 403. The number of rotatable bonds is 4. The summed E-state index contributed by atoms with van der Waals surface area (Å²) in [7, 11) is 1.54. The Morgan fingerprint density at radius 3 is 2.30 bits per heavy atom. The van der Waals surface area contributed by atoms with Crippen LogP contribution >= 0.6 is 24.8 Å². The van der Waals surface area contributed by atoms with Gasteiger partial charge in [-0.15, -0.1) is 24.8 Å². The predicted molar refractivity (Wildman–Crippen MR) is 79.6 cm³/mol. The van der Waals surface area contributed by atoms with E-state index in [9.17, 15) is 8.78 Å². The topological polar surface area (TPSA) is 47.3 Å². The zero-order chi connectivity index (χ0) is 13.1. The van der Waals surface area contributed by atoms with Crippen molar-refractivity contribution in [2.24, 2.45) is 11.7 Å². The minimum Gasteiger partial charge on any atom is -0.377 e. The van der Waals surface area contributed by atoms with Crippen LogP contribution < -0.4 is 11.1 Å². The van der Waals surface area contributed by atoms with E-state index in [1.54, 1.807) is 7.11 Å². The highest BCUT2D eigenvalue weighted by Gasteiger charge is 2.27. The maximum atomic E-state index is 13.2. The fraction of sp³-hybridized carbons (Fsp3) is 0.538. The van der Waals surface area contributed by atoms with E-state index in [1.165, 1.54) is 12.1 Å². The van der Waals surface area contributed by atoms with E-state index in [2.05, 4.69) is 5.32 Å². The number of methoxy groups -OCH3 is 1. The number of nitrogens with two attached hydrogens (primary N) is 1. The van der Waals surface area contributed by atoms with Gasteiger partial charge in [0.1, 0.15) is 11.6 Å². The molecule has 1 aromatic carbocycles. The van der Waals surface area contributed by atoms with Gasteiger partial charge in [0.2, 0.25) is 0 Å². The molecule has 3 atom stereocenters. The van der Waals surface area contributed by atoms with Crippen molar-refractivity contribution in [2.45, 2.75) is 18.6 Å². The van der Waals surface area contributed by atoms with Crippen molar-refractivity contribution in [3.8, 4) is 0 Å². The van der Waals surface area contributed by atoms with E-state index in [4.69, 9.17) is 10.5 Å². The number of hydrogen-bond acceptors (Lipinski definition) is 3. The van der Waals surface area contributed by atoms with Gasteiger partial charge in [-0.05, 0) is 36.6 Å². The highest BCUT2D eigenvalue weighted by Crippen LogP contribution is 2.28. The van der Waals surface area contributed by atoms with E-state index in [-0.39, 0.29) is 42.9 Å². The summed E-state index contributed by atoms with van der Waals surface area (Å²) in [6.45, 7) is 1.59. The summed E-state index contributed by atoms with van der Waals surface area (Å²) < 4.78 is 31.7. The molecule has 3 N–H and O–H groups in total. The minimum absolute atomic E-state index is 0. The van der Waals surface area contributed by atoms with Crippen LogP contribution in [0.3, 0.4) is 0 Å². The second-order valence-electron chi connectivity index (χ2n) is 4.75. The van der Waals surface area contributed by atoms with Crippen LogP contribution in [0.1, 0.15) is 18.1 Å². The van der Waals surface area contributed by atoms with Crippen LogP contribution in [0.4, 0.5) is 8.78 Å². The standard InChI is InChI=1S/C13H18F2N2O.2ClH/c1-18-13(4-9-6-17-7-12(9)16)8-2-10(14)5-11(15)3-8;;/h2-3,5,9,12-13,17H,4,6-7,16H2,1H3;2*1H. The molecule has 3 nitrogen and oxygen atoms in total. The van der Waals surface area contributed by atoms with Crippen molar-refractivity contribution >= 4 is 24.8 Å². The molecule has 2 rings (SSSR count). The molecule has 3 unspecified atom stereocenters. The van der Waals surface area contributed by atoms with Crippen LogP contribution in [0, 0.1) is 17.6 Å². The molecule has 7 heteroatoms. The van der Waals surface area contributed by atoms with Crippen molar-refractivity contribution < 1.29 is 13.5 Å². The Balaban J connectivity index is 0.00000180. The highest BCUT2D eigenvalue weighted by molar-refractivity contribution is 5.85. The van der Waals surface area contributed by atoms with Gasteiger partial charge in [0.05, 0.1) is 6.10 Å². The van der Waals surface area contributed by atoms with Gasteiger partial charge in [-0.25, -0.2) is 8.78 Å². The fourth-order valence-corrected chi connectivity index (χ4v) is 2.42. The molecule has 1 fully saturated rings. The number of hydrogen-bond donors (Lipinski definition) is 2. The third kappa shape index (κ3) is 4.82. The molecule has 0 saturated carbocycles. The largest absolute Gasteiger partial charge is 0.377 e. The van der Waals surface area contributed by atoms with E-state index in [0.29, 0.717) is 12.0 Å². The number of nitrogens with one attached hydrogen (secondary N) is 1. The first-order valence-electron chi connectivity index (χ1n) is 6.05. The van der Waals surface area contributed by atoms with Crippen LogP contribution in [0.15, 0.2) is 18.2 Å². The van der Waals surface area contributed by atoms with Gasteiger partial charge in [0, 0.05) is 25.8 Å². The first-order chi connectivity index (χ1) is 8.60. The molecule has 116 valence electrons. The molecule has 20 heavy (non-hydrogen) atoms. The van der Waals surface area contributed by atoms with E-state index < -0.39 is 11.6 Å². The second-order valence-corrected chi connectivity index (χ2v) is 4.75. The summed E-state index contributed by atoms with van der Waals surface area (Å²) in [5.41, 5.74) is 6.48.